The lowest BCUT2D eigenvalue weighted by atomic mass is 9.70. The minimum atomic E-state index is -0.605. The van der Waals surface area contributed by atoms with Crippen LogP contribution in [0.15, 0.2) is 52.7 Å². The van der Waals surface area contributed by atoms with Gasteiger partial charge in [0.25, 0.3) is 0 Å². The quantitative estimate of drug-likeness (QED) is 0.712. The van der Waals surface area contributed by atoms with Crippen LogP contribution in [-0.2, 0) is 4.79 Å². The van der Waals surface area contributed by atoms with Gasteiger partial charge in [0.05, 0.1) is 23.0 Å². The van der Waals surface area contributed by atoms with Crippen LogP contribution in [0.2, 0.25) is 0 Å². The molecule has 1 heterocycles. The van der Waals surface area contributed by atoms with Crippen molar-refractivity contribution in [1.82, 2.24) is 4.90 Å². The zero-order chi connectivity index (χ0) is 15.9. The van der Waals surface area contributed by atoms with Gasteiger partial charge in [0, 0.05) is 0 Å². The number of aliphatic imine (C=N–C) groups is 1. The number of halogens is 1. The molecule has 1 amide bonds. The van der Waals surface area contributed by atoms with Crippen molar-refractivity contribution < 1.29 is 4.79 Å². The lowest BCUT2D eigenvalue weighted by Gasteiger charge is -2.46. The fourth-order valence-corrected chi connectivity index (χ4v) is 3.57. The van der Waals surface area contributed by atoms with E-state index < -0.39 is 5.41 Å². The summed E-state index contributed by atoms with van der Waals surface area (Å²) < 4.78 is 0. The number of fused-ring (bicyclic) bond motifs is 1. The minimum absolute atomic E-state index is 0.0199. The molecule has 3 atom stereocenters. The van der Waals surface area contributed by atoms with Crippen LogP contribution >= 0.6 is 11.6 Å². The highest BCUT2D eigenvalue weighted by molar-refractivity contribution is 6.30. The number of amidine groups is 1. The van der Waals surface area contributed by atoms with Gasteiger partial charge in [-0.15, -0.1) is 11.6 Å². The Kier molecular flexibility index (Phi) is 3.85. The molecule has 0 spiro atoms. The van der Waals surface area contributed by atoms with Crippen molar-refractivity contribution in [3.8, 4) is 0 Å². The third-order valence-electron chi connectivity index (χ3n) is 5.10. The Bertz CT molecular complexity index is 656. The van der Waals surface area contributed by atoms with E-state index in [-0.39, 0.29) is 23.7 Å². The van der Waals surface area contributed by atoms with Crippen molar-refractivity contribution >= 4 is 23.3 Å². The van der Waals surface area contributed by atoms with E-state index in [0.29, 0.717) is 5.84 Å². The van der Waals surface area contributed by atoms with Crippen LogP contribution in [0.3, 0.4) is 0 Å². The van der Waals surface area contributed by atoms with E-state index in [9.17, 15) is 4.79 Å². The maximum Gasteiger partial charge on any atom is 0.241 e. The van der Waals surface area contributed by atoms with E-state index in [2.05, 4.69) is 32.1 Å². The smallest absolute Gasteiger partial charge is 0.241 e. The Labute approximate surface area is 136 Å². The second-order valence-electron chi connectivity index (χ2n) is 6.35. The zero-order valence-electron chi connectivity index (χ0n) is 13.2. The largest absolute Gasteiger partial charge is 0.291 e. The van der Waals surface area contributed by atoms with Crippen molar-refractivity contribution in [3.63, 3.8) is 0 Å². The van der Waals surface area contributed by atoms with E-state index in [4.69, 9.17) is 16.6 Å². The molecule has 0 radical (unpaired) electrons. The van der Waals surface area contributed by atoms with Crippen molar-refractivity contribution in [2.24, 2.45) is 16.3 Å². The molecule has 1 aliphatic heterocycles. The molecule has 3 unspecified atom stereocenters. The topological polar surface area (TPSA) is 32.7 Å². The number of alkyl halides is 1. The standard InChI is InChI=1S/C18H21ClN2O/c1-12-7-4-5-9-14(12)21-16(11-19)20-15-10-6-8-13(2)18(15,3)17(21)22/h4-8,10,13-14H,9,11H2,1-3H3. The third kappa shape index (κ3) is 2.11. The SMILES string of the molecule is CC1=CC=CCC1N1C(=O)C2(C)C(=CC=CC2C)N=C1CCl. The summed E-state index contributed by atoms with van der Waals surface area (Å²) >= 11 is 6.11. The molecule has 116 valence electrons. The monoisotopic (exact) mass is 316 g/mol. The van der Waals surface area contributed by atoms with Gasteiger partial charge in [0.2, 0.25) is 5.91 Å². The minimum Gasteiger partial charge on any atom is -0.291 e. The molecule has 0 saturated heterocycles. The Morgan fingerprint density at radius 1 is 1.41 bits per heavy atom. The maximum atomic E-state index is 13.4. The Morgan fingerprint density at radius 2 is 2.18 bits per heavy atom. The molecule has 3 aliphatic rings. The van der Waals surface area contributed by atoms with Crippen molar-refractivity contribution in [3.05, 3.63) is 47.7 Å². The van der Waals surface area contributed by atoms with Crippen LogP contribution in [0.25, 0.3) is 0 Å². The summed E-state index contributed by atoms with van der Waals surface area (Å²) in [6, 6.07) is 0.0199. The first-order valence-electron chi connectivity index (χ1n) is 7.69. The highest BCUT2D eigenvalue weighted by Gasteiger charge is 2.50. The summed E-state index contributed by atoms with van der Waals surface area (Å²) in [5, 5.41) is 0. The lowest BCUT2D eigenvalue weighted by molar-refractivity contribution is -0.138. The highest BCUT2D eigenvalue weighted by Crippen LogP contribution is 2.45. The van der Waals surface area contributed by atoms with E-state index in [1.165, 1.54) is 5.57 Å². The second-order valence-corrected chi connectivity index (χ2v) is 6.62. The molecule has 4 heteroatoms. The summed E-state index contributed by atoms with van der Waals surface area (Å²) in [5.41, 5.74) is 1.39. The average Bonchev–Trinajstić information content (AvgIpc) is 2.51. The van der Waals surface area contributed by atoms with Gasteiger partial charge in [-0.3, -0.25) is 9.69 Å². The van der Waals surface area contributed by atoms with Gasteiger partial charge in [-0.2, -0.15) is 0 Å². The molecular formula is C18H21ClN2O. The fourth-order valence-electron chi connectivity index (χ4n) is 3.38. The Hall–Kier alpha value is -1.61. The van der Waals surface area contributed by atoms with E-state index in [0.717, 1.165) is 12.1 Å². The second kappa shape index (κ2) is 5.54. The fraction of sp³-hybridized carbons (Fsp3) is 0.444. The van der Waals surface area contributed by atoms with Crippen molar-refractivity contribution in [2.45, 2.75) is 33.2 Å². The normalized spacial score (nSPS) is 34.1. The van der Waals surface area contributed by atoms with Crippen molar-refractivity contribution in [2.75, 3.05) is 5.88 Å². The molecule has 0 fully saturated rings. The molecule has 0 saturated carbocycles. The molecular weight excluding hydrogens is 296 g/mol. The first-order valence-corrected chi connectivity index (χ1v) is 8.23. The number of hydrogen-bond donors (Lipinski definition) is 0. The molecule has 3 nitrogen and oxygen atoms in total. The summed E-state index contributed by atoms with van der Waals surface area (Å²) in [6.45, 7) is 6.13. The van der Waals surface area contributed by atoms with Gasteiger partial charge in [-0.1, -0.05) is 42.9 Å². The van der Waals surface area contributed by atoms with Crippen LogP contribution < -0.4 is 0 Å². The predicted octanol–water partition coefficient (Wildman–Crippen LogP) is 3.84. The molecule has 0 bridgehead atoms. The molecule has 22 heavy (non-hydrogen) atoms. The first-order chi connectivity index (χ1) is 10.5. The predicted molar refractivity (Wildman–Crippen MR) is 90.8 cm³/mol. The number of nitrogens with zero attached hydrogens (tertiary/aromatic N) is 2. The summed E-state index contributed by atoms with van der Waals surface area (Å²) in [6.07, 6.45) is 13.0. The average molecular weight is 317 g/mol. The summed E-state index contributed by atoms with van der Waals surface area (Å²) in [4.78, 5) is 19.9. The maximum absolute atomic E-state index is 13.4. The summed E-state index contributed by atoms with van der Waals surface area (Å²) in [7, 11) is 0. The van der Waals surface area contributed by atoms with Crippen LogP contribution in [-0.4, -0.2) is 28.6 Å². The van der Waals surface area contributed by atoms with E-state index in [1.54, 1.807) is 0 Å². The van der Waals surface area contributed by atoms with Gasteiger partial charge < -0.3 is 0 Å². The van der Waals surface area contributed by atoms with Crippen LogP contribution in [0.1, 0.15) is 27.2 Å². The van der Waals surface area contributed by atoms with Gasteiger partial charge >= 0.3 is 0 Å². The number of hydrogen-bond acceptors (Lipinski definition) is 2. The third-order valence-corrected chi connectivity index (χ3v) is 5.34. The van der Waals surface area contributed by atoms with Gasteiger partial charge in [-0.05, 0) is 32.3 Å². The van der Waals surface area contributed by atoms with Crippen LogP contribution in [0.5, 0.6) is 0 Å². The van der Waals surface area contributed by atoms with Crippen LogP contribution in [0, 0.1) is 11.3 Å². The zero-order valence-corrected chi connectivity index (χ0v) is 14.0. The lowest BCUT2D eigenvalue weighted by Crippen LogP contribution is -2.57. The number of amides is 1. The molecule has 0 N–H and O–H groups in total. The number of carbonyl (C=O) groups excluding carboxylic acids is 1. The number of rotatable bonds is 2. The highest BCUT2D eigenvalue weighted by atomic mass is 35.5. The molecule has 2 aliphatic carbocycles. The Balaban J connectivity index is 2.10. The number of allylic oxidation sites excluding steroid dienone is 5. The summed E-state index contributed by atoms with van der Waals surface area (Å²) in [5.74, 6) is 1.12. The number of carbonyl (C=O) groups is 1. The van der Waals surface area contributed by atoms with Gasteiger partial charge in [0.1, 0.15) is 5.84 Å². The van der Waals surface area contributed by atoms with Crippen LogP contribution in [0.4, 0.5) is 0 Å². The van der Waals surface area contributed by atoms with Crippen molar-refractivity contribution in [1.29, 1.82) is 0 Å². The Morgan fingerprint density at radius 3 is 2.86 bits per heavy atom. The molecule has 0 aromatic rings. The van der Waals surface area contributed by atoms with E-state index >= 15 is 0 Å². The molecule has 0 aromatic heterocycles. The first kappa shape index (κ1) is 15.3. The van der Waals surface area contributed by atoms with E-state index in [1.807, 2.05) is 30.1 Å². The molecule has 0 aromatic carbocycles. The van der Waals surface area contributed by atoms with Gasteiger partial charge in [-0.25, -0.2) is 4.99 Å². The van der Waals surface area contributed by atoms with Gasteiger partial charge in [0.15, 0.2) is 0 Å². The molecule has 3 rings (SSSR count).